The van der Waals surface area contributed by atoms with Gasteiger partial charge in [0, 0.05) is 54.0 Å². The highest BCUT2D eigenvalue weighted by molar-refractivity contribution is 6.30. The van der Waals surface area contributed by atoms with Gasteiger partial charge in [0.15, 0.2) is 0 Å². The number of piperidine rings is 1. The number of likely N-dealkylation sites (tertiary alicyclic amines) is 1. The van der Waals surface area contributed by atoms with Crippen molar-refractivity contribution in [3.63, 3.8) is 0 Å². The Bertz CT molecular complexity index is 1420. The zero-order valence-corrected chi connectivity index (χ0v) is 21.8. The SMILES string of the molecule is O=C1CC=C(c2cccc3c2CC(=CCCN2CCC(O)(c4ccc(Cl)cc4)CC2)c2cccnc2O3)O1. The lowest BCUT2D eigenvalue weighted by Gasteiger charge is -2.38. The maximum absolute atomic E-state index is 11.8. The molecule has 38 heavy (non-hydrogen) atoms. The van der Waals surface area contributed by atoms with Crippen LogP contribution in [0.5, 0.6) is 11.6 Å². The van der Waals surface area contributed by atoms with Crippen LogP contribution in [0, 0.1) is 0 Å². The number of carbonyl (C=O) groups is 1. The van der Waals surface area contributed by atoms with Crippen LogP contribution < -0.4 is 4.74 Å². The molecule has 0 bridgehead atoms. The summed E-state index contributed by atoms with van der Waals surface area (Å²) < 4.78 is 11.7. The summed E-state index contributed by atoms with van der Waals surface area (Å²) in [6.45, 7) is 2.56. The minimum absolute atomic E-state index is 0.239. The van der Waals surface area contributed by atoms with Gasteiger partial charge in [0.2, 0.25) is 5.88 Å². The number of allylic oxidation sites excluding steroid dienone is 1. The smallest absolute Gasteiger partial charge is 0.315 e. The van der Waals surface area contributed by atoms with Crippen molar-refractivity contribution in [2.45, 2.75) is 37.7 Å². The highest BCUT2D eigenvalue weighted by Crippen LogP contribution is 2.41. The Kier molecular flexibility index (Phi) is 6.78. The van der Waals surface area contributed by atoms with Crippen molar-refractivity contribution < 1.29 is 19.4 Å². The van der Waals surface area contributed by atoms with Gasteiger partial charge in [-0.1, -0.05) is 41.9 Å². The minimum Gasteiger partial charge on any atom is -0.438 e. The number of esters is 1. The fourth-order valence-corrected chi connectivity index (χ4v) is 5.65. The summed E-state index contributed by atoms with van der Waals surface area (Å²) in [5.74, 6) is 1.66. The average Bonchev–Trinajstić information content (AvgIpc) is 3.29. The Morgan fingerprint density at radius 2 is 1.82 bits per heavy atom. The van der Waals surface area contributed by atoms with Crippen LogP contribution in [0.2, 0.25) is 5.02 Å². The molecule has 7 heteroatoms. The van der Waals surface area contributed by atoms with Gasteiger partial charge in [0.1, 0.15) is 11.5 Å². The van der Waals surface area contributed by atoms with Crippen LogP contribution in [0.1, 0.15) is 47.9 Å². The van der Waals surface area contributed by atoms with E-state index in [-0.39, 0.29) is 12.4 Å². The van der Waals surface area contributed by atoms with Crippen LogP contribution in [0.25, 0.3) is 11.3 Å². The van der Waals surface area contributed by atoms with Crippen molar-refractivity contribution in [3.8, 4) is 11.6 Å². The summed E-state index contributed by atoms with van der Waals surface area (Å²) in [6, 6.07) is 17.3. The van der Waals surface area contributed by atoms with E-state index < -0.39 is 5.60 Å². The van der Waals surface area contributed by atoms with Gasteiger partial charge in [0.25, 0.3) is 0 Å². The van der Waals surface area contributed by atoms with E-state index in [1.165, 1.54) is 0 Å². The summed E-state index contributed by atoms with van der Waals surface area (Å²) in [6.07, 6.45) is 9.01. The van der Waals surface area contributed by atoms with E-state index in [9.17, 15) is 9.90 Å². The van der Waals surface area contributed by atoms with E-state index in [0.29, 0.717) is 35.9 Å². The van der Waals surface area contributed by atoms with Gasteiger partial charge in [-0.15, -0.1) is 0 Å². The molecule has 194 valence electrons. The number of hydrogen-bond acceptors (Lipinski definition) is 6. The number of benzene rings is 2. The second kappa shape index (κ2) is 10.4. The molecule has 3 aromatic rings. The standard InChI is InChI=1S/C31H29ClN2O4/c32-23-10-8-22(9-11-23)31(36)14-18-34(19-15-31)17-3-4-21-20-26-25(28-12-13-29(35)37-28)5-1-7-27(26)38-30-24(21)6-2-16-33-30/h1-2,4-12,16,36H,3,13-15,17-20H2. The third kappa shape index (κ3) is 4.99. The van der Waals surface area contributed by atoms with Crippen LogP contribution in [0.3, 0.4) is 0 Å². The molecule has 1 aromatic heterocycles. The molecule has 4 heterocycles. The Balaban J connectivity index is 1.19. The van der Waals surface area contributed by atoms with Crippen LogP contribution in [-0.4, -0.2) is 40.6 Å². The third-order valence-electron chi connectivity index (χ3n) is 7.67. The van der Waals surface area contributed by atoms with E-state index in [1.54, 1.807) is 6.20 Å². The number of hydrogen-bond donors (Lipinski definition) is 1. The molecule has 3 aliphatic rings. The first-order chi connectivity index (χ1) is 18.5. The molecular formula is C31H29ClN2O4. The van der Waals surface area contributed by atoms with E-state index >= 15 is 0 Å². The van der Waals surface area contributed by atoms with Gasteiger partial charge >= 0.3 is 5.97 Å². The molecule has 3 aliphatic heterocycles. The predicted octanol–water partition coefficient (Wildman–Crippen LogP) is 6.13. The molecule has 0 spiro atoms. The van der Waals surface area contributed by atoms with Crippen molar-refractivity contribution in [2.75, 3.05) is 19.6 Å². The number of pyridine rings is 1. The maximum atomic E-state index is 11.8. The highest BCUT2D eigenvalue weighted by atomic mass is 35.5. The van der Waals surface area contributed by atoms with E-state index in [1.807, 2.05) is 60.7 Å². The number of nitrogens with zero attached hydrogens (tertiary/aromatic N) is 2. The molecule has 0 unspecified atom stereocenters. The molecule has 0 saturated carbocycles. The van der Waals surface area contributed by atoms with Gasteiger partial charge in [-0.3, -0.25) is 4.79 Å². The first kappa shape index (κ1) is 24.9. The molecule has 0 radical (unpaired) electrons. The normalized spacial score (nSPS) is 19.7. The minimum atomic E-state index is -0.804. The Labute approximate surface area is 227 Å². The molecule has 0 amide bonds. The lowest BCUT2D eigenvalue weighted by Crippen LogP contribution is -2.42. The van der Waals surface area contributed by atoms with Gasteiger partial charge in [-0.25, -0.2) is 4.98 Å². The lowest BCUT2D eigenvalue weighted by atomic mass is 9.84. The van der Waals surface area contributed by atoms with Crippen molar-refractivity contribution in [3.05, 3.63) is 100 Å². The summed E-state index contributed by atoms with van der Waals surface area (Å²) in [5.41, 5.74) is 4.11. The van der Waals surface area contributed by atoms with E-state index in [2.05, 4.69) is 16.0 Å². The van der Waals surface area contributed by atoms with Gasteiger partial charge in [0.05, 0.1) is 12.0 Å². The zero-order valence-electron chi connectivity index (χ0n) is 21.0. The number of ether oxygens (including phenoxy) is 2. The van der Waals surface area contributed by atoms with Crippen molar-refractivity contribution in [1.82, 2.24) is 9.88 Å². The van der Waals surface area contributed by atoms with Gasteiger partial charge in [-0.05, 0) is 66.8 Å². The fourth-order valence-electron chi connectivity index (χ4n) is 5.53. The Morgan fingerprint density at radius 3 is 2.58 bits per heavy atom. The lowest BCUT2D eigenvalue weighted by molar-refractivity contribution is -0.134. The molecule has 0 aliphatic carbocycles. The summed E-state index contributed by atoms with van der Waals surface area (Å²) in [7, 11) is 0. The third-order valence-corrected chi connectivity index (χ3v) is 7.92. The number of carbonyl (C=O) groups excluding carboxylic acids is 1. The molecule has 0 atom stereocenters. The van der Waals surface area contributed by atoms with Crippen LogP contribution in [-0.2, 0) is 21.6 Å². The largest absolute Gasteiger partial charge is 0.438 e. The van der Waals surface area contributed by atoms with Crippen LogP contribution >= 0.6 is 11.6 Å². The number of rotatable bonds is 5. The monoisotopic (exact) mass is 528 g/mol. The second-order valence-corrected chi connectivity index (χ2v) is 10.5. The van der Waals surface area contributed by atoms with Crippen molar-refractivity contribution >= 4 is 28.9 Å². The second-order valence-electron chi connectivity index (χ2n) is 10.1. The quantitative estimate of drug-likeness (QED) is 0.402. The molecule has 1 N–H and O–H groups in total. The summed E-state index contributed by atoms with van der Waals surface area (Å²) in [4.78, 5) is 18.7. The Hall–Kier alpha value is -3.45. The number of aromatic nitrogens is 1. The van der Waals surface area contributed by atoms with E-state index in [0.717, 1.165) is 59.6 Å². The van der Waals surface area contributed by atoms with E-state index in [4.69, 9.17) is 21.1 Å². The summed E-state index contributed by atoms with van der Waals surface area (Å²) >= 11 is 6.03. The highest BCUT2D eigenvalue weighted by Gasteiger charge is 2.33. The van der Waals surface area contributed by atoms with Crippen LogP contribution in [0.4, 0.5) is 0 Å². The van der Waals surface area contributed by atoms with Gasteiger partial charge in [-0.2, -0.15) is 0 Å². The summed E-state index contributed by atoms with van der Waals surface area (Å²) in [5, 5.41) is 11.9. The van der Waals surface area contributed by atoms with Crippen LogP contribution in [0.15, 0.2) is 72.9 Å². The predicted molar refractivity (Wildman–Crippen MR) is 147 cm³/mol. The number of cyclic esters (lactones) is 1. The number of aliphatic hydroxyl groups is 1. The molecular weight excluding hydrogens is 500 g/mol. The first-order valence-electron chi connectivity index (χ1n) is 13.0. The number of fused-ring (bicyclic) bond motifs is 2. The molecule has 1 saturated heterocycles. The Morgan fingerprint density at radius 1 is 1.03 bits per heavy atom. The fraction of sp³-hybridized carbons (Fsp3) is 0.290. The van der Waals surface area contributed by atoms with Gasteiger partial charge < -0.3 is 19.5 Å². The maximum Gasteiger partial charge on any atom is 0.315 e. The number of halogens is 1. The topological polar surface area (TPSA) is 71.9 Å². The van der Waals surface area contributed by atoms with Crippen molar-refractivity contribution in [1.29, 1.82) is 0 Å². The zero-order chi connectivity index (χ0) is 26.1. The molecule has 1 fully saturated rings. The van der Waals surface area contributed by atoms with Crippen molar-refractivity contribution in [2.24, 2.45) is 0 Å². The molecule has 6 nitrogen and oxygen atoms in total. The molecule has 2 aromatic carbocycles. The first-order valence-corrected chi connectivity index (χ1v) is 13.4. The average molecular weight is 529 g/mol. The molecule has 6 rings (SSSR count).